The summed E-state index contributed by atoms with van der Waals surface area (Å²) < 4.78 is 0. The van der Waals surface area contributed by atoms with Crippen molar-refractivity contribution in [2.75, 3.05) is 14.1 Å². The van der Waals surface area contributed by atoms with Gasteiger partial charge in [-0.3, -0.25) is 0 Å². The van der Waals surface area contributed by atoms with Gasteiger partial charge in [0.1, 0.15) is 6.29 Å². The van der Waals surface area contributed by atoms with Crippen molar-refractivity contribution in [2.24, 2.45) is 11.5 Å². The monoisotopic (exact) mass is 226 g/mol. The van der Waals surface area contributed by atoms with Gasteiger partial charge in [-0.15, -0.1) is 0 Å². The Hall–Kier alpha value is -1.82. The van der Waals surface area contributed by atoms with Crippen LogP contribution in [0, 0.1) is 0 Å². The molecule has 6 heteroatoms. The molecule has 16 heavy (non-hydrogen) atoms. The van der Waals surface area contributed by atoms with Crippen LogP contribution in [0.5, 0.6) is 0 Å². The second-order valence-electron chi connectivity index (χ2n) is 3.26. The van der Waals surface area contributed by atoms with Crippen molar-refractivity contribution in [3.63, 3.8) is 0 Å². The number of primary amides is 2. The van der Waals surface area contributed by atoms with E-state index in [0.29, 0.717) is 6.42 Å². The third-order valence-corrected chi connectivity index (χ3v) is 2.18. The third kappa shape index (κ3) is 4.61. The van der Waals surface area contributed by atoms with Gasteiger partial charge in [-0.1, -0.05) is 12.2 Å². The summed E-state index contributed by atoms with van der Waals surface area (Å²) in [5.41, 5.74) is 9.07. The van der Waals surface area contributed by atoms with Crippen molar-refractivity contribution in [1.82, 2.24) is 10.6 Å². The fraction of sp³-hybridized carbons (Fsp3) is 0.400. The van der Waals surface area contributed by atoms with Crippen molar-refractivity contribution in [3.05, 3.63) is 23.9 Å². The molecule has 6 nitrogen and oxygen atoms in total. The van der Waals surface area contributed by atoms with Crippen molar-refractivity contribution in [3.8, 4) is 0 Å². The molecule has 0 fully saturated rings. The van der Waals surface area contributed by atoms with E-state index >= 15 is 0 Å². The number of aldehydes is 1. The summed E-state index contributed by atoms with van der Waals surface area (Å²) in [4.78, 5) is 19.7. The molecule has 0 radical (unpaired) electrons. The molecule has 0 heterocycles. The molecule has 1 aliphatic rings. The van der Waals surface area contributed by atoms with Gasteiger partial charge in [0.05, 0.1) is 5.54 Å². The number of nitrogens with one attached hydrogen (secondary N) is 2. The first-order valence-electron chi connectivity index (χ1n) is 4.77. The van der Waals surface area contributed by atoms with Crippen LogP contribution in [-0.4, -0.2) is 32.0 Å². The topological polar surface area (TPSA) is 110 Å². The average molecular weight is 226 g/mol. The molecule has 2 amide bonds. The molecule has 0 aromatic carbocycles. The molecule has 1 aliphatic carbocycles. The first-order chi connectivity index (χ1) is 7.49. The first kappa shape index (κ1) is 14.2. The number of urea groups is 1. The Balaban J connectivity index is 0.000000487. The lowest BCUT2D eigenvalue weighted by Gasteiger charge is -2.25. The Morgan fingerprint density at radius 3 is 2.31 bits per heavy atom. The number of allylic oxidation sites excluding steroid dienone is 1. The molecule has 0 aliphatic heterocycles. The molecule has 0 aromatic rings. The Morgan fingerprint density at radius 1 is 1.50 bits per heavy atom. The summed E-state index contributed by atoms with van der Waals surface area (Å²) in [6.45, 7) is 0. The zero-order valence-corrected chi connectivity index (χ0v) is 9.49. The summed E-state index contributed by atoms with van der Waals surface area (Å²) >= 11 is 0. The van der Waals surface area contributed by atoms with Crippen molar-refractivity contribution >= 4 is 12.3 Å². The predicted molar refractivity (Wildman–Crippen MR) is 62.5 cm³/mol. The molecule has 0 aromatic heterocycles. The van der Waals surface area contributed by atoms with Crippen LogP contribution in [0.1, 0.15) is 6.42 Å². The summed E-state index contributed by atoms with van der Waals surface area (Å²) in [6, 6.07) is -0.833. The molecule has 0 saturated heterocycles. The maximum Gasteiger partial charge on any atom is 0.309 e. The molecule has 1 rings (SSSR count). The van der Waals surface area contributed by atoms with Gasteiger partial charge < -0.3 is 26.9 Å². The summed E-state index contributed by atoms with van der Waals surface area (Å²) in [5, 5.41) is 6.00. The molecule has 6 N–H and O–H groups in total. The minimum atomic E-state index is -0.833. The van der Waals surface area contributed by atoms with Gasteiger partial charge in [0, 0.05) is 12.7 Å². The minimum absolute atomic E-state index is 0.486. The lowest BCUT2D eigenvalue weighted by atomic mass is 9.92. The van der Waals surface area contributed by atoms with E-state index in [1.165, 1.54) is 0 Å². The number of likely N-dealkylation sites (N-methyl/N-ethyl adjacent to an activating group) is 2. The van der Waals surface area contributed by atoms with Crippen LogP contribution in [0.25, 0.3) is 0 Å². The molecular formula is C10H18N4O2. The molecule has 0 bridgehead atoms. The second kappa shape index (κ2) is 6.62. The number of hydrogen-bond acceptors (Lipinski definition) is 4. The minimum Gasteiger partial charge on any atom is -0.388 e. The fourth-order valence-electron chi connectivity index (χ4n) is 1.17. The van der Waals surface area contributed by atoms with Crippen LogP contribution in [0.15, 0.2) is 23.9 Å². The van der Waals surface area contributed by atoms with Crippen molar-refractivity contribution in [1.29, 1.82) is 0 Å². The van der Waals surface area contributed by atoms with Crippen LogP contribution in [0.3, 0.4) is 0 Å². The van der Waals surface area contributed by atoms with Gasteiger partial charge in [-0.25, -0.2) is 4.79 Å². The van der Waals surface area contributed by atoms with Crippen molar-refractivity contribution in [2.45, 2.75) is 12.0 Å². The highest BCUT2D eigenvalue weighted by molar-refractivity contribution is 5.69. The molecule has 1 unspecified atom stereocenters. The second-order valence-corrected chi connectivity index (χ2v) is 3.26. The Bertz CT molecular complexity index is 308. The average Bonchev–Trinajstić information content (AvgIpc) is 2.28. The lowest BCUT2D eigenvalue weighted by Crippen LogP contribution is -2.43. The van der Waals surface area contributed by atoms with Crippen LogP contribution >= 0.6 is 0 Å². The number of carbonyl (C=O) groups is 2. The van der Waals surface area contributed by atoms with E-state index in [2.05, 4.69) is 22.1 Å². The fourth-order valence-corrected chi connectivity index (χ4v) is 1.17. The van der Waals surface area contributed by atoms with Crippen LogP contribution in [-0.2, 0) is 4.79 Å². The number of rotatable bonds is 3. The smallest absolute Gasteiger partial charge is 0.309 e. The largest absolute Gasteiger partial charge is 0.388 e. The zero-order valence-electron chi connectivity index (χ0n) is 9.49. The van der Waals surface area contributed by atoms with Gasteiger partial charge in [0.2, 0.25) is 0 Å². The van der Waals surface area contributed by atoms with E-state index in [1.54, 1.807) is 7.05 Å². The van der Waals surface area contributed by atoms with Gasteiger partial charge in [0.15, 0.2) is 0 Å². The molecule has 0 saturated carbocycles. The van der Waals surface area contributed by atoms with Gasteiger partial charge in [-0.2, -0.15) is 0 Å². The number of nitrogens with two attached hydrogens (primary N) is 2. The van der Waals surface area contributed by atoms with Crippen LogP contribution < -0.4 is 22.1 Å². The molecule has 90 valence electrons. The van der Waals surface area contributed by atoms with Gasteiger partial charge in [0.25, 0.3) is 0 Å². The Morgan fingerprint density at radius 2 is 2.06 bits per heavy atom. The van der Waals surface area contributed by atoms with Crippen LogP contribution in [0.4, 0.5) is 4.79 Å². The predicted octanol–water partition coefficient (Wildman–Crippen LogP) is -0.769. The Kier molecular flexibility index (Phi) is 5.87. The number of carbonyl (C=O) groups excluding carboxylic acids is 2. The SMILES string of the molecule is CNC1=CCC(C=O)(NC)C=C1.NC(N)=O. The number of amides is 2. The van der Waals surface area contributed by atoms with E-state index in [-0.39, 0.29) is 0 Å². The van der Waals surface area contributed by atoms with Crippen molar-refractivity contribution < 1.29 is 9.59 Å². The first-order valence-corrected chi connectivity index (χ1v) is 4.77. The van der Waals surface area contributed by atoms with Gasteiger partial charge in [-0.05, 0) is 19.5 Å². The van der Waals surface area contributed by atoms with E-state index in [0.717, 1.165) is 12.0 Å². The summed E-state index contributed by atoms with van der Waals surface area (Å²) in [7, 11) is 3.65. The third-order valence-electron chi connectivity index (χ3n) is 2.18. The highest BCUT2D eigenvalue weighted by Gasteiger charge is 2.24. The molecule has 1 atom stereocenters. The maximum absolute atomic E-state index is 10.7. The Labute approximate surface area is 94.7 Å². The highest BCUT2D eigenvalue weighted by Crippen LogP contribution is 2.16. The highest BCUT2D eigenvalue weighted by atomic mass is 16.2. The normalized spacial score (nSPS) is 22.5. The van der Waals surface area contributed by atoms with E-state index in [4.69, 9.17) is 4.79 Å². The molecule has 0 spiro atoms. The summed E-state index contributed by atoms with van der Waals surface area (Å²) in [6.07, 6.45) is 7.44. The number of hydrogen-bond donors (Lipinski definition) is 4. The maximum atomic E-state index is 10.7. The van der Waals surface area contributed by atoms with Gasteiger partial charge >= 0.3 is 6.03 Å². The van der Waals surface area contributed by atoms with Crippen LogP contribution in [0.2, 0.25) is 0 Å². The van der Waals surface area contributed by atoms with E-state index < -0.39 is 11.6 Å². The van der Waals surface area contributed by atoms with E-state index in [9.17, 15) is 4.79 Å². The standard InChI is InChI=1S/C9H14N2O.CH4N2O/c1-10-8-3-5-9(7-12,11-2)6-4-8;2-1(3)4/h3-5,7,10-11H,6H2,1-2H3;(H4,2,3,4). The lowest BCUT2D eigenvalue weighted by molar-refractivity contribution is -0.111. The zero-order chi connectivity index (χ0) is 12.6. The summed E-state index contributed by atoms with van der Waals surface area (Å²) in [5.74, 6) is 0. The quantitative estimate of drug-likeness (QED) is 0.474. The molecular weight excluding hydrogens is 208 g/mol. The van der Waals surface area contributed by atoms with E-state index in [1.807, 2.05) is 25.3 Å².